The largest absolute Gasteiger partial charge is 0.322 e. The molecule has 2 heterocycles. The highest BCUT2D eigenvalue weighted by Crippen LogP contribution is 2.29. The van der Waals surface area contributed by atoms with Crippen molar-refractivity contribution < 1.29 is 0 Å². The second-order valence-corrected chi connectivity index (χ2v) is 4.17. The minimum absolute atomic E-state index is 0.710. The van der Waals surface area contributed by atoms with Gasteiger partial charge in [0, 0.05) is 12.4 Å². The zero-order valence-electron chi connectivity index (χ0n) is 8.60. The van der Waals surface area contributed by atoms with Crippen molar-refractivity contribution in [2.24, 2.45) is 4.99 Å². The molecule has 15 heavy (non-hydrogen) atoms. The third kappa shape index (κ3) is 1.99. The van der Waals surface area contributed by atoms with Crippen LogP contribution < -0.4 is 0 Å². The van der Waals surface area contributed by atoms with E-state index in [-0.39, 0.29) is 0 Å². The van der Waals surface area contributed by atoms with Gasteiger partial charge in [-0.25, -0.2) is 0 Å². The summed E-state index contributed by atoms with van der Waals surface area (Å²) in [6.07, 6.45) is 6.11. The van der Waals surface area contributed by atoms with E-state index in [1.54, 1.807) is 11.8 Å². The van der Waals surface area contributed by atoms with Crippen LogP contribution in [-0.2, 0) is 0 Å². The molecule has 1 aliphatic rings. The maximum Gasteiger partial charge on any atom is 0.120 e. The number of hydrogen-bond acceptors (Lipinski definition) is 2. The lowest BCUT2D eigenvalue weighted by Crippen LogP contribution is -2.01. The highest BCUT2D eigenvalue weighted by Gasteiger charge is 2.16. The third-order valence-electron chi connectivity index (χ3n) is 2.16. The molecule has 0 saturated carbocycles. The Balaban J connectivity index is 2.28. The van der Waals surface area contributed by atoms with Gasteiger partial charge in [-0.15, -0.1) is 5.73 Å². The van der Waals surface area contributed by atoms with Gasteiger partial charge in [0.05, 0.1) is 17.1 Å². The Morgan fingerprint density at radius 3 is 2.87 bits per heavy atom. The van der Waals surface area contributed by atoms with Gasteiger partial charge >= 0.3 is 0 Å². The first-order chi connectivity index (χ1) is 7.35. The average Bonchev–Trinajstić information content (AvgIpc) is 2.89. The SMILES string of the molecule is C=C=C1CN=C(/C(=C/C)n2cccc2)S1. The number of thioether (sulfide) groups is 1. The molecule has 0 amide bonds. The summed E-state index contributed by atoms with van der Waals surface area (Å²) in [7, 11) is 0. The minimum Gasteiger partial charge on any atom is -0.322 e. The molecule has 0 fully saturated rings. The van der Waals surface area contributed by atoms with Crippen LogP contribution in [0.2, 0.25) is 0 Å². The molecular formula is C12H12N2S. The molecular weight excluding hydrogens is 204 g/mol. The molecule has 0 aromatic carbocycles. The first kappa shape index (κ1) is 10.1. The van der Waals surface area contributed by atoms with E-state index in [4.69, 9.17) is 0 Å². The summed E-state index contributed by atoms with van der Waals surface area (Å²) < 4.78 is 2.07. The molecule has 0 unspecified atom stereocenters. The van der Waals surface area contributed by atoms with Crippen LogP contribution in [0.25, 0.3) is 5.70 Å². The Hall–Kier alpha value is -1.44. The smallest absolute Gasteiger partial charge is 0.120 e. The van der Waals surface area contributed by atoms with Gasteiger partial charge in [-0.2, -0.15) is 0 Å². The molecule has 0 atom stereocenters. The maximum atomic E-state index is 4.47. The Morgan fingerprint density at radius 1 is 1.60 bits per heavy atom. The van der Waals surface area contributed by atoms with Crippen molar-refractivity contribution in [3.63, 3.8) is 0 Å². The van der Waals surface area contributed by atoms with Gasteiger partial charge in [0.2, 0.25) is 0 Å². The van der Waals surface area contributed by atoms with Crippen molar-refractivity contribution in [3.8, 4) is 0 Å². The number of allylic oxidation sites excluding steroid dienone is 1. The van der Waals surface area contributed by atoms with Crippen molar-refractivity contribution >= 4 is 22.5 Å². The van der Waals surface area contributed by atoms with Crippen molar-refractivity contribution in [3.05, 3.63) is 47.8 Å². The summed E-state index contributed by atoms with van der Waals surface area (Å²) in [5.41, 5.74) is 4.02. The Morgan fingerprint density at radius 2 is 2.33 bits per heavy atom. The Kier molecular flexibility index (Phi) is 2.95. The zero-order valence-corrected chi connectivity index (χ0v) is 9.42. The van der Waals surface area contributed by atoms with Crippen molar-refractivity contribution in [2.45, 2.75) is 6.92 Å². The molecule has 0 N–H and O–H groups in total. The molecule has 1 aliphatic heterocycles. The number of aromatic nitrogens is 1. The van der Waals surface area contributed by atoms with Crippen molar-refractivity contribution in [2.75, 3.05) is 6.54 Å². The minimum atomic E-state index is 0.710. The average molecular weight is 216 g/mol. The van der Waals surface area contributed by atoms with E-state index in [0.717, 1.165) is 15.6 Å². The van der Waals surface area contributed by atoms with Crippen LogP contribution in [0.3, 0.4) is 0 Å². The van der Waals surface area contributed by atoms with Gasteiger partial charge in [0.1, 0.15) is 5.04 Å². The van der Waals surface area contributed by atoms with Gasteiger partial charge in [0.15, 0.2) is 0 Å². The van der Waals surface area contributed by atoms with Gasteiger partial charge in [-0.1, -0.05) is 24.4 Å². The topological polar surface area (TPSA) is 17.3 Å². The van der Waals surface area contributed by atoms with E-state index in [1.807, 2.05) is 31.5 Å². The summed E-state index contributed by atoms with van der Waals surface area (Å²) >= 11 is 1.65. The molecule has 0 bridgehead atoms. The Labute approximate surface area is 93.7 Å². The Bertz CT molecular complexity index is 460. The van der Waals surface area contributed by atoms with Crippen LogP contribution in [0.5, 0.6) is 0 Å². The molecule has 0 spiro atoms. The summed E-state index contributed by atoms with van der Waals surface area (Å²) in [5, 5.41) is 1.04. The normalized spacial score (nSPS) is 16.5. The highest BCUT2D eigenvalue weighted by atomic mass is 32.2. The molecule has 0 aliphatic carbocycles. The number of rotatable bonds is 2. The highest BCUT2D eigenvalue weighted by molar-refractivity contribution is 8.18. The quantitative estimate of drug-likeness (QED) is 0.694. The number of aliphatic imine (C=N–C) groups is 1. The molecule has 3 heteroatoms. The molecule has 2 rings (SSSR count). The monoisotopic (exact) mass is 216 g/mol. The van der Waals surface area contributed by atoms with E-state index < -0.39 is 0 Å². The molecule has 0 radical (unpaired) electrons. The summed E-state index contributed by atoms with van der Waals surface area (Å²) in [5.74, 6) is 0. The predicted octanol–water partition coefficient (Wildman–Crippen LogP) is 3.16. The molecule has 76 valence electrons. The van der Waals surface area contributed by atoms with Crippen LogP contribution in [0.4, 0.5) is 0 Å². The third-order valence-corrected chi connectivity index (χ3v) is 3.21. The molecule has 1 aromatic rings. The first-order valence-corrected chi connectivity index (χ1v) is 5.58. The lowest BCUT2D eigenvalue weighted by Gasteiger charge is -2.06. The van der Waals surface area contributed by atoms with E-state index in [9.17, 15) is 0 Å². The van der Waals surface area contributed by atoms with Crippen LogP contribution >= 0.6 is 11.8 Å². The fourth-order valence-electron chi connectivity index (χ4n) is 1.43. The fraction of sp³-hybridized carbons (Fsp3) is 0.167. The predicted molar refractivity (Wildman–Crippen MR) is 66.9 cm³/mol. The fourth-order valence-corrected chi connectivity index (χ4v) is 2.32. The van der Waals surface area contributed by atoms with Crippen LogP contribution in [-0.4, -0.2) is 16.2 Å². The summed E-state index contributed by atoms with van der Waals surface area (Å²) in [6, 6.07) is 4.02. The van der Waals surface area contributed by atoms with Gasteiger partial charge < -0.3 is 4.57 Å². The second-order valence-electron chi connectivity index (χ2n) is 3.09. The van der Waals surface area contributed by atoms with Crippen LogP contribution in [0, 0.1) is 0 Å². The standard InChI is InChI=1S/C12H12N2S/c1-3-10-9-13-12(15-10)11(4-2)14-7-5-6-8-14/h4-8H,1,9H2,2H3/b11-4-. The van der Waals surface area contributed by atoms with E-state index in [1.165, 1.54) is 0 Å². The summed E-state index contributed by atoms with van der Waals surface area (Å²) in [4.78, 5) is 5.56. The molecule has 2 nitrogen and oxygen atoms in total. The number of hydrogen-bond donors (Lipinski definition) is 0. The number of nitrogens with zero attached hydrogens (tertiary/aromatic N) is 2. The maximum absolute atomic E-state index is 4.47. The summed E-state index contributed by atoms with van der Waals surface area (Å²) in [6.45, 7) is 6.37. The lowest BCUT2D eigenvalue weighted by molar-refractivity contribution is 1.13. The van der Waals surface area contributed by atoms with E-state index in [2.05, 4.69) is 27.9 Å². The molecule has 1 aromatic heterocycles. The molecule has 0 saturated heterocycles. The van der Waals surface area contributed by atoms with Crippen molar-refractivity contribution in [1.29, 1.82) is 0 Å². The van der Waals surface area contributed by atoms with Crippen molar-refractivity contribution in [1.82, 2.24) is 4.57 Å². The second kappa shape index (κ2) is 4.39. The zero-order chi connectivity index (χ0) is 10.7. The van der Waals surface area contributed by atoms with Gasteiger partial charge in [-0.3, -0.25) is 4.99 Å². The van der Waals surface area contributed by atoms with E-state index >= 15 is 0 Å². The van der Waals surface area contributed by atoms with Crippen LogP contribution in [0.15, 0.2) is 52.8 Å². The first-order valence-electron chi connectivity index (χ1n) is 4.76. The lowest BCUT2D eigenvalue weighted by atomic mass is 10.4. The van der Waals surface area contributed by atoms with E-state index in [0.29, 0.717) is 6.54 Å². The van der Waals surface area contributed by atoms with Crippen LogP contribution in [0.1, 0.15) is 6.92 Å². The van der Waals surface area contributed by atoms with Gasteiger partial charge in [-0.05, 0) is 19.1 Å². The van der Waals surface area contributed by atoms with Gasteiger partial charge in [0.25, 0.3) is 0 Å².